The molecule has 0 aliphatic rings. The van der Waals surface area contributed by atoms with Crippen LogP contribution in [0.5, 0.6) is 0 Å². The smallest absolute Gasteiger partial charge is 0.129 e. The highest BCUT2D eigenvalue weighted by molar-refractivity contribution is 6.84. The van der Waals surface area contributed by atoms with E-state index in [9.17, 15) is 0 Å². The van der Waals surface area contributed by atoms with Crippen molar-refractivity contribution in [1.29, 1.82) is 0 Å². The maximum Gasteiger partial charge on any atom is 0.129 e. The Morgan fingerprint density at radius 2 is 1.05 bits per heavy atom. The standard InChI is InChI=1S/C16H30OSi2/c1-18(2,3)15-11-7-9-13-17-14-10-8-12-16-19(4,5)6/h7-10,13-14H2,1-6H3. The Labute approximate surface area is 122 Å². The highest BCUT2D eigenvalue weighted by atomic mass is 28.3. The molecule has 3 heteroatoms. The molecule has 0 saturated carbocycles. The summed E-state index contributed by atoms with van der Waals surface area (Å²) >= 11 is 0. The maximum atomic E-state index is 5.59. The third-order valence-electron chi connectivity index (χ3n) is 2.11. The first-order valence-electron chi connectivity index (χ1n) is 7.28. The van der Waals surface area contributed by atoms with Crippen LogP contribution in [0.4, 0.5) is 0 Å². The van der Waals surface area contributed by atoms with Crippen LogP contribution in [-0.2, 0) is 4.74 Å². The number of unbranched alkanes of at least 4 members (excludes halogenated alkanes) is 2. The molecule has 0 unspecified atom stereocenters. The number of hydrogen-bond donors (Lipinski definition) is 0. The molecule has 0 fully saturated rings. The van der Waals surface area contributed by atoms with Gasteiger partial charge in [0.15, 0.2) is 0 Å². The van der Waals surface area contributed by atoms with Gasteiger partial charge in [0.1, 0.15) is 16.1 Å². The minimum Gasteiger partial charge on any atom is -0.381 e. The summed E-state index contributed by atoms with van der Waals surface area (Å²) in [5.41, 5.74) is 6.75. The Hall–Kier alpha value is -0.486. The predicted octanol–water partition coefficient (Wildman–Crippen LogP) is 4.33. The van der Waals surface area contributed by atoms with Gasteiger partial charge in [-0.15, -0.1) is 22.9 Å². The second kappa shape index (κ2) is 9.42. The van der Waals surface area contributed by atoms with Crippen molar-refractivity contribution in [2.45, 2.75) is 65.0 Å². The van der Waals surface area contributed by atoms with Crippen molar-refractivity contribution in [2.24, 2.45) is 0 Å². The molecule has 1 nitrogen and oxygen atoms in total. The number of ether oxygens (including phenoxy) is 1. The van der Waals surface area contributed by atoms with E-state index in [0.29, 0.717) is 0 Å². The Kier molecular flexibility index (Phi) is 9.18. The van der Waals surface area contributed by atoms with E-state index in [-0.39, 0.29) is 0 Å². The van der Waals surface area contributed by atoms with Gasteiger partial charge in [0.25, 0.3) is 0 Å². The average molecular weight is 295 g/mol. The molecule has 0 aromatic rings. The van der Waals surface area contributed by atoms with Gasteiger partial charge in [0.05, 0.1) is 0 Å². The molecular weight excluding hydrogens is 264 g/mol. The molecule has 0 N–H and O–H groups in total. The lowest BCUT2D eigenvalue weighted by Gasteiger charge is -2.04. The fourth-order valence-corrected chi connectivity index (χ4v) is 2.59. The second-order valence-electron chi connectivity index (χ2n) is 6.92. The summed E-state index contributed by atoms with van der Waals surface area (Å²) in [5.74, 6) is 6.53. The molecule has 108 valence electrons. The molecule has 0 amide bonds. The lowest BCUT2D eigenvalue weighted by Crippen LogP contribution is -2.16. The fraction of sp³-hybridized carbons (Fsp3) is 0.750. The van der Waals surface area contributed by atoms with Crippen molar-refractivity contribution in [3.8, 4) is 22.9 Å². The van der Waals surface area contributed by atoms with Gasteiger partial charge in [-0.1, -0.05) is 39.3 Å². The first-order chi connectivity index (χ1) is 8.71. The molecular formula is C16H30OSi2. The molecule has 0 spiro atoms. The normalized spacial score (nSPS) is 11.3. The average Bonchev–Trinajstić information content (AvgIpc) is 2.22. The Balaban J connectivity index is 3.41. The van der Waals surface area contributed by atoms with Crippen molar-refractivity contribution >= 4 is 16.1 Å². The first kappa shape index (κ1) is 18.5. The van der Waals surface area contributed by atoms with Gasteiger partial charge in [-0.3, -0.25) is 0 Å². The minimum atomic E-state index is -1.18. The van der Waals surface area contributed by atoms with Gasteiger partial charge in [-0.25, -0.2) is 0 Å². The summed E-state index contributed by atoms with van der Waals surface area (Å²) < 4.78 is 5.59. The molecule has 0 aromatic heterocycles. The summed E-state index contributed by atoms with van der Waals surface area (Å²) in [5, 5.41) is 0. The molecule has 0 rings (SSSR count). The van der Waals surface area contributed by atoms with Gasteiger partial charge in [-0.05, 0) is 12.8 Å². The fourth-order valence-electron chi connectivity index (χ4n) is 1.28. The summed E-state index contributed by atoms with van der Waals surface area (Å²) in [6.45, 7) is 15.3. The lowest BCUT2D eigenvalue weighted by molar-refractivity contribution is 0.131. The Morgan fingerprint density at radius 3 is 1.37 bits per heavy atom. The van der Waals surface area contributed by atoms with Crippen molar-refractivity contribution in [3.05, 3.63) is 0 Å². The number of hydrogen-bond acceptors (Lipinski definition) is 1. The molecule has 0 bridgehead atoms. The van der Waals surface area contributed by atoms with E-state index >= 15 is 0 Å². The first-order valence-corrected chi connectivity index (χ1v) is 14.3. The van der Waals surface area contributed by atoms with E-state index in [4.69, 9.17) is 4.74 Å². The molecule has 19 heavy (non-hydrogen) atoms. The quantitative estimate of drug-likeness (QED) is 0.402. The molecule has 0 saturated heterocycles. The topological polar surface area (TPSA) is 9.23 Å². The second-order valence-corrected chi connectivity index (χ2v) is 16.4. The molecule has 0 aliphatic heterocycles. The van der Waals surface area contributed by atoms with Crippen molar-refractivity contribution in [2.75, 3.05) is 13.2 Å². The van der Waals surface area contributed by atoms with Gasteiger partial charge in [-0.2, -0.15) is 0 Å². The van der Waals surface area contributed by atoms with Crippen LogP contribution >= 0.6 is 0 Å². The van der Waals surface area contributed by atoms with E-state index in [0.717, 1.165) is 38.9 Å². The summed E-state index contributed by atoms with van der Waals surface area (Å²) in [4.78, 5) is 0. The van der Waals surface area contributed by atoms with E-state index in [1.165, 1.54) is 0 Å². The van der Waals surface area contributed by atoms with Gasteiger partial charge in [0, 0.05) is 26.1 Å². The van der Waals surface area contributed by atoms with E-state index < -0.39 is 16.1 Å². The highest BCUT2D eigenvalue weighted by Gasteiger charge is 2.07. The summed E-state index contributed by atoms with van der Waals surface area (Å²) in [6.07, 6.45) is 4.05. The number of rotatable bonds is 6. The zero-order valence-electron chi connectivity index (χ0n) is 13.7. The van der Waals surface area contributed by atoms with Gasteiger partial charge < -0.3 is 4.74 Å². The summed E-state index contributed by atoms with van der Waals surface area (Å²) in [7, 11) is -2.35. The van der Waals surface area contributed by atoms with Crippen LogP contribution < -0.4 is 0 Å². The van der Waals surface area contributed by atoms with Crippen LogP contribution in [0.1, 0.15) is 25.7 Å². The Bertz CT molecular complexity index is 317. The van der Waals surface area contributed by atoms with Crippen LogP contribution in [0, 0.1) is 22.9 Å². The van der Waals surface area contributed by atoms with E-state index in [2.05, 4.69) is 62.2 Å². The van der Waals surface area contributed by atoms with Crippen LogP contribution in [0.2, 0.25) is 39.3 Å². The van der Waals surface area contributed by atoms with Gasteiger partial charge in [0.2, 0.25) is 0 Å². The van der Waals surface area contributed by atoms with Crippen LogP contribution in [0.25, 0.3) is 0 Å². The third kappa shape index (κ3) is 17.5. The van der Waals surface area contributed by atoms with Crippen LogP contribution in [0.15, 0.2) is 0 Å². The molecule has 0 aromatic carbocycles. The van der Waals surface area contributed by atoms with Crippen LogP contribution in [-0.4, -0.2) is 29.4 Å². The van der Waals surface area contributed by atoms with Crippen molar-refractivity contribution in [1.82, 2.24) is 0 Å². The zero-order valence-corrected chi connectivity index (χ0v) is 15.7. The summed E-state index contributed by atoms with van der Waals surface area (Å²) in [6, 6.07) is 0. The predicted molar refractivity (Wildman–Crippen MR) is 91.5 cm³/mol. The minimum absolute atomic E-state index is 0.835. The van der Waals surface area contributed by atoms with Gasteiger partial charge >= 0.3 is 0 Å². The lowest BCUT2D eigenvalue weighted by atomic mass is 10.3. The maximum absolute atomic E-state index is 5.59. The zero-order chi connectivity index (χ0) is 14.8. The molecule has 0 aliphatic carbocycles. The van der Waals surface area contributed by atoms with Crippen LogP contribution in [0.3, 0.4) is 0 Å². The Morgan fingerprint density at radius 1 is 0.684 bits per heavy atom. The molecule has 0 atom stereocenters. The third-order valence-corrected chi connectivity index (χ3v) is 3.96. The molecule has 0 radical (unpaired) electrons. The van der Waals surface area contributed by atoms with Crippen molar-refractivity contribution < 1.29 is 4.74 Å². The monoisotopic (exact) mass is 294 g/mol. The highest BCUT2D eigenvalue weighted by Crippen LogP contribution is 1.99. The van der Waals surface area contributed by atoms with E-state index in [1.54, 1.807) is 0 Å². The van der Waals surface area contributed by atoms with Crippen molar-refractivity contribution in [3.63, 3.8) is 0 Å². The largest absolute Gasteiger partial charge is 0.381 e. The SMILES string of the molecule is C[Si](C)(C)C#CCCCOCCCC#C[Si](C)(C)C. The molecule has 0 heterocycles. The van der Waals surface area contributed by atoms with E-state index in [1.807, 2.05) is 0 Å².